The smallest absolute Gasteiger partial charge is 0.233 e. The number of piperidine rings is 1. The van der Waals surface area contributed by atoms with Gasteiger partial charge in [0.1, 0.15) is 11.4 Å². The van der Waals surface area contributed by atoms with Gasteiger partial charge in [-0.2, -0.15) is 0 Å². The highest BCUT2D eigenvalue weighted by atomic mass is 19.1. The minimum atomic E-state index is -0.662. The normalized spacial score (nSPS) is 31.4. The molecule has 2 aliphatic heterocycles. The first-order chi connectivity index (χ1) is 11.6. The van der Waals surface area contributed by atoms with Crippen LogP contribution in [0.3, 0.4) is 0 Å². The van der Waals surface area contributed by atoms with Crippen molar-refractivity contribution in [3.05, 3.63) is 35.6 Å². The zero-order valence-electron chi connectivity index (χ0n) is 14.1. The number of benzene rings is 1. The van der Waals surface area contributed by atoms with Gasteiger partial charge in [-0.15, -0.1) is 0 Å². The number of rotatable bonds is 3. The maximum absolute atomic E-state index is 14.2. The lowest BCUT2D eigenvalue weighted by Crippen LogP contribution is -2.59. The molecule has 4 rings (SSSR count). The SMILES string of the molecule is CO[C@H]1CCN(C(=O)C2(c3ccccc3F)CC2)C[C@@]12CCCO2. The second kappa shape index (κ2) is 5.81. The topological polar surface area (TPSA) is 38.8 Å². The largest absolute Gasteiger partial charge is 0.378 e. The van der Waals surface area contributed by atoms with Crippen LogP contribution in [0.4, 0.5) is 4.39 Å². The quantitative estimate of drug-likeness (QED) is 0.854. The molecule has 4 nitrogen and oxygen atoms in total. The first-order valence-electron chi connectivity index (χ1n) is 8.82. The molecular formula is C19H24FNO3. The lowest BCUT2D eigenvalue weighted by molar-refractivity contribution is -0.162. The summed E-state index contributed by atoms with van der Waals surface area (Å²) in [5.74, 6) is -0.223. The van der Waals surface area contributed by atoms with Gasteiger partial charge in [0.15, 0.2) is 0 Å². The Balaban J connectivity index is 1.58. The number of hydrogen-bond donors (Lipinski definition) is 0. The van der Waals surface area contributed by atoms with Crippen LogP contribution in [0.2, 0.25) is 0 Å². The van der Waals surface area contributed by atoms with E-state index < -0.39 is 5.41 Å². The average Bonchev–Trinajstić information content (AvgIpc) is 3.28. The molecule has 1 aromatic carbocycles. The van der Waals surface area contributed by atoms with Crippen molar-refractivity contribution in [2.24, 2.45) is 0 Å². The molecule has 0 radical (unpaired) electrons. The van der Waals surface area contributed by atoms with Gasteiger partial charge in [-0.05, 0) is 38.2 Å². The molecule has 2 saturated heterocycles. The molecule has 0 unspecified atom stereocenters. The second-order valence-electron chi connectivity index (χ2n) is 7.32. The van der Waals surface area contributed by atoms with Crippen molar-refractivity contribution in [3.8, 4) is 0 Å². The van der Waals surface area contributed by atoms with Crippen LogP contribution in [-0.2, 0) is 19.7 Å². The molecule has 130 valence electrons. The van der Waals surface area contributed by atoms with Gasteiger partial charge >= 0.3 is 0 Å². The average molecular weight is 333 g/mol. The van der Waals surface area contributed by atoms with E-state index in [9.17, 15) is 9.18 Å². The Labute approximate surface area is 141 Å². The maximum atomic E-state index is 14.2. The fourth-order valence-electron chi connectivity index (χ4n) is 4.52. The van der Waals surface area contributed by atoms with Gasteiger partial charge in [0.2, 0.25) is 5.91 Å². The Morgan fingerprint density at radius 2 is 2.12 bits per heavy atom. The van der Waals surface area contributed by atoms with E-state index in [2.05, 4.69) is 0 Å². The number of ether oxygens (including phenoxy) is 2. The van der Waals surface area contributed by atoms with Crippen LogP contribution in [0, 0.1) is 5.82 Å². The predicted molar refractivity (Wildman–Crippen MR) is 87.2 cm³/mol. The minimum Gasteiger partial charge on any atom is -0.378 e. The minimum absolute atomic E-state index is 0.0349. The number of hydrogen-bond acceptors (Lipinski definition) is 3. The van der Waals surface area contributed by atoms with Crippen molar-refractivity contribution in [3.63, 3.8) is 0 Å². The number of carbonyl (C=O) groups is 1. The summed E-state index contributed by atoms with van der Waals surface area (Å²) in [4.78, 5) is 15.1. The molecule has 1 aromatic rings. The summed E-state index contributed by atoms with van der Waals surface area (Å²) in [6.07, 6.45) is 4.18. The van der Waals surface area contributed by atoms with Crippen LogP contribution in [0.15, 0.2) is 24.3 Å². The lowest BCUT2D eigenvalue weighted by Gasteiger charge is -2.45. The standard InChI is InChI=1S/C19H24FNO3/c1-23-16-7-11-21(13-19(16)8-4-12-24-19)17(22)18(9-10-18)14-5-2-3-6-15(14)20/h2-3,5-6,16H,4,7-13H2,1H3/t16-,19-/m0/s1. The van der Waals surface area contributed by atoms with E-state index in [-0.39, 0.29) is 23.4 Å². The van der Waals surface area contributed by atoms with Crippen LogP contribution in [0.25, 0.3) is 0 Å². The molecule has 2 heterocycles. The zero-order valence-corrected chi connectivity index (χ0v) is 14.1. The van der Waals surface area contributed by atoms with Crippen molar-refractivity contribution in [2.75, 3.05) is 26.8 Å². The van der Waals surface area contributed by atoms with Crippen LogP contribution in [0.1, 0.15) is 37.7 Å². The molecule has 3 fully saturated rings. The van der Waals surface area contributed by atoms with E-state index in [1.54, 1.807) is 19.2 Å². The number of methoxy groups -OCH3 is 1. The number of likely N-dealkylation sites (tertiary alicyclic amines) is 1. The highest BCUT2D eigenvalue weighted by Crippen LogP contribution is 2.51. The summed E-state index contributed by atoms with van der Waals surface area (Å²) >= 11 is 0. The number of amides is 1. The number of nitrogens with zero attached hydrogens (tertiary/aromatic N) is 1. The lowest BCUT2D eigenvalue weighted by atomic mass is 9.85. The molecule has 3 aliphatic rings. The van der Waals surface area contributed by atoms with Gasteiger partial charge in [-0.25, -0.2) is 4.39 Å². The Hall–Kier alpha value is -1.46. The van der Waals surface area contributed by atoms with Crippen LogP contribution >= 0.6 is 0 Å². The monoisotopic (exact) mass is 333 g/mol. The Morgan fingerprint density at radius 3 is 2.75 bits per heavy atom. The van der Waals surface area contributed by atoms with Crippen molar-refractivity contribution >= 4 is 5.91 Å². The van der Waals surface area contributed by atoms with Gasteiger partial charge in [0, 0.05) is 25.8 Å². The van der Waals surface area contributed by atoms with Gasteiger partial charge < -0.3 is 14.4 Å². The maximum Gasteiger partial charge on any atom is 0.233 e. The van der Waals surface area contributed by atoms with Gasteiger partial charge in [0.25, 0.3) is 0 Å². The molecule has 5 heteroatoms. The van der Waals surface area contributed by atoms with Crippen molar-refractivity contribution in [1.82, 2.24) is 4.90 Å². The molecule has 1 amide bonds. The van der Waals surface area contributed by atoms with Crippen LogP contribution < -0.4 is 0 Å². The molecule has 1 aliphatic carbocycles. The summed E-state index contributed by atoms with van der Waals surface area (Å²) in [6.45, 7) is 1.93. The fraction of sp³-hybridized carbons (Fsp3) is 0.632. The molecule has 0 bridgehead atoms. The Kier molecular flexibility index (Phi) is 3.88. The third-order valence-corrected chi connectivity index (χ3v) is 5.96. The van der Waals surface area contributed by atoms with Crippen LogP contribution in [-0.4, -0.2) is 49.3 Å². The molecule has 0 N–H and O–H groups in total. The van der Waals surface area contributed by atoms with E-state index in [4.69, 9.17) is 9.47 Å². The van der Waals surface area contributed by atoms with Crippen molar-refractivity contribution < 1.29 is 18.7 Å². The van der Waals surface area contributed by atoms with E-state index >= 15 is 0 Å². The summed E-state index contributed by atoms with van der Waals surface area (Å²) in [7, 11) is 1.72. The van der Waals surface area contributed by atoms with Crippen molar-refractivity contribution in [1.29, 1.82) is 0 Å². The Morgan fingerprint density at radius 1 is 1.33 bits per heavy atom. The molecule has 2 atom stereocenters. The molecular weight excluding hydrogens is 309 g/mol. The van der Waals surface area contributed by atoms with E-state index in [1.165, 1.54) is 6.07 Å². The Bertz CT molecular complexity index is 637. The first-order valence-corrected chi connectivity index (χ1v) is 8.82. The van der Waals surface area contributed by atoms with E-state index in [0.717, 1.165) is 38.7 Å². The fourth-order valence-corrected chi connectivity index (χ4v) is 4.52. The summed E-state index contributed by atoms with van der Waals surface area (Å²) in [5.41, 5.74) is -0.496. The third-order valence-electron chi connectivity index (χ3n) is 5.96. The van der Waals surface area contributed by atoms with E-state index in [0.29, 0.717) is 18.7 Å². The second-order valence-corrected chi connectivity index (χ2v) is 7.32. The van der Waals surface area contributed by atoms with Gasteiger partial charge in [-0.1, -0.05) is 18.2 Å². The highest BCUT2D eigenvalue weighted by Gasteiger charge is 2.57. The highest BCUT2D eigenvalue weighted by molar-refractivity contribution is 5.91. The molecule has 1 saturated carbocycles. The summed E-state index contributed by atoms with van der Waals surface area (Å²) in [5, 5.41) is 0. The predicted octanol–water partition coefficient (Wildman–Crippen LogP) is 2.65. The summed E-state index contributed by atoms with van der Waals surface area (Å²) < 4.78 is 25.9. The summed E-state index contributed by atoms with van der Waals surface area (Å²) in [6, 6.07) is 6.68. The van der Waals surface area contributed by atoms with Crippen LogP contribution in [0.5, 0.6) is 0 Å². The van der Waals surface area contributed by atoms with E-state index in [1.807, 2.05) is 11.0 Å². The first kappa shape index (κ1) is 16.0. The molecule has 24 heavy (non-hydrogen) atoms. The number of halogens is 1. The van der Waals surface area contributed by atoms with Gasteiger partial charge in [0.05, 0.1) is 18.1 Å². The third kappa shape index (κ3) is 2.37. The number of carbonyl (C=O) groups excluding carboxylic acids is 1. The van der Waals surface area contributed by atoms with Crippen molar-refractivity contribution in [2.45, 2.75) is 49.2 Å². The van der Waals surface area contributed by atoms with Gasteiger partial charge in [-0.3, -0.25) is 4.79 Å². The molecule has 1 spiro atoms. The zero-order chi connectivity index (χ0) is 16.8. The molecule has 0 aromatic heterocycles.